The molecule has 0 bridgehead atoms. The van der Waals surface area contributed by atoms with E-state index in [1.54, 1.807) is 28.2 Å². The average molecular weight is 352 g/mol. The van der Waals surface area contributed by atoms with Crippen LogP contribution in [0.25, 0.3) is 16.3 Å². The second kappa shape index (κ2) is 4.85. The van der Waals surface area contributed by atoms with Crippen LogP contribution >= 0.6 is 27.3 Å². The Bertz CT molecular complexity index is 740. The van der Waals surface area contributed by atoms with Gasteiger partial charge in [-0.3, -0.25) is 10.4 Å². The van der Waals surface area contributed by atoms with Gasteiger partial charge in [-0.2, -0.15) is 9.61 Å². The number of hydrogen-bond donors (Lipinski definition) is 2. The standard InChI is InChI=1S/C11H10BrN7S/c12-7-5-14-15-8(7)10-18-19-9(16-17-11(19)20-10)6-1-3-13-4-2-6/h1-4,7-8,14-15H,5H2. The van der Waals surface area contributed by atoms with E-state index < -0.39 is 0 Å². The molecule has 0 radical (unpaired) electrons. The lowest BCUT2D eigenvalue weighted by molar-refractivity contribution is 0.576. The molecule has 1 saturated heterocycles. The Kier molecular flexibility index (Phi) is 2.99. The number of hydrogen-bond acceptors (Lipinski definition) is 7. The van der Waals surface area contributed by atoms with Crippen molar-refractivity contribution in [1.29, 1.82) is 0 Å². The second-order valence-electron chi connectivity index (χ2n) is 4.41. The van der Waals surface area contributed by atoms with E-state index in [-0.39, 0.29) is 6.04 Å². The first kappa shape index (κ1) is 12.3. The van der Waals surface area contributed by atoms with Crippen LogP contribution in [-0.2, 0) is 0 Å². The zero-order valence-electron chi connectivity index (χ0n) is 10.2. The van der Waals surface area contributed by atoms with Crippen LogP contribution in [0.5, 0.6) is 0 Å². The number of pyridine rings is 1. The number of alkyl halides is 1. The van der Waals surface area contributed by atoms with Gasteiger partial charge in [0.1, 0.15) is 5.01 Å². The van der Waals surface area contributed by atoms with E-state index in [1.807, 2.05) is 12.1 Å². The van der Waals surface area contributed by atoms with Gasteiger partial charge in [-0.15, -0.1) is 10.2 Å². The molecule has 1 aliphatic heterocycles. The second-order valence-corrected chi connectivity index (χ2v) is 6.58. The molecule has 0 aromatic carbocycles. The number of fused-ring (bicyclic) bond motifs is 1. The maximum Gasteiger partial charge on any atom is 0.235 e. The minimum absolute atomic E-state index is 0.145. The Morgan fingerprint density at radius 1 is 1.30 bits per heavy atom. The number of rotatable bonds is 2. The molecule has 2 N–H and O–H groups in total. The van der Waals surface area contributed by atoms with E-state index in [1.165, 1.54) is 0 Å². The largest absolute Gasteiger partial charge is 0.265 e. The first-order valence-corrected chi connectivity index (χ1v) is 7.81. The summed E-state index contributed by atoms with van der Waals surface area (Å²) in [6.07, 6.45) is 3.47. The van der Waals surface area contributed by atoms with Crippen LogP contribution < -0.4 is 10.9 Å². The smallest absolute Gasteiger partial charge is 0.235 e. The van der Waals surface area contributed by atoms with Crippen molar-refractivity contribution in [3.05, 3.63) is 29.5 Å². The predicted octanol–water partition coefficient (Wildman–Crippen LogP) is 1.16. The van der Waals surface area contributed by atoms with E-state index in [0.29, 0.717) is 4.83 Å². The normalized spacial score (nSPS) is 22.6. The van der Waals surface area contributed by atoms with Gasteiger partial charge in [0.15, 0.2) is 5.82 Å². The zero-order valence-corrected chi connectivity index (χ0v) is 12.6. The highest BCUT2D eigenvalue weighted by Gasteiger charge is 2.29. The summed E-state index contributed by atoms with van der Waals surface area (Å²) in [4.78, 5) is 5.12. The summed E-state index contributed by atoms with van der Waals surface area (Å²) in [6, 6.07) is 3.95. The van der Waals surface area contributed by atoms with Crippen molar-refractivity contribution >= 4 is 32.2 Å². The monoisotopic (exact) mass is 351 g/mol. The van der Waals surface area contributed by atoms with Gasteiger partial charge in [-0.1, -0.05) is 27.3 Å². The minimum Gasteiger partial charge on any atom is -0.265 e. The molecule has 3 aromatic heterocycles. The fourth-order valence-corrected chi connectivity index (χ4v) is 3.80. The van der Waals surface area contributed by atoms with Crippen LogP contribution in [0.2, 0.25) is 0 Å². The Balaban J connectivity index is 1.79. The summed E-state index contributed by atoms with van der Waals surface area (Å²) < 4.78 is 1.79. The molecule has 7 nitrogen and oxygen atoms in total. The van der Waals surface area contributed by atoms with Gasteiger partial charge in [0.2, 0.25) is 4.96 Å². The molecule has 0 spiro atoms. The van der Waals surface area contributed by atoms with Gasteiger partial charge in [-0.05, 0) is 12.1 Å². The highest BCUT2D eigenvalue weighted by Crippen LogP contribution is 2.29. The molecule has 0 saturated carbocycles. The molecule has 9 heteroatoms. The first-order chi connectivity index (χ1) is 9.83. The first-order valence-electron chi connectivity index (χ1n) is 6.08. The quantitative estimate of drug-likeness (QED) is 0.674. The highest BCUT2D eigenvalue weighted by atomic mass is 79.9. The molecule has 1 fully saturated rings. The fourth-order valence-electron chi connectivity index (χ4n) is 2.13. The lowest BCUT2D eigenvalue weighted by atomic mass is 10.2. The number of aromatic nitrogens is 5. The minimum atomic E-state index is 0.145. The molecule has 1 aliphatic rings. The summed E-state index contributed by atoms with van der Waals surface area (Å²) in [5.41, 5.74) is 7.29. The SMILES string of the molecule is BrC1CNNC1c1nn2c(-c3ccncc3)nnc2s1. The Hall–Kier alpha value is -1.42. The molecule has 4 rings (SSSR count). The van der Waals surface area contributed by atoms with E-state index in [2.05, 4.69) is 47.1 Å². The van der Waals surface area contributed by atoms with E-state index >= 15 is 0 Å². The number of halogens is 1. The molecule has 20 heavy (non-hydrogen) atoms. The molecule has 2 unspecified atom stereocenters. The average Bonchev–Trinajstić information content (AvgIpc) is 3.13. The Morgan fingerprint density at radius 2 is 2.15 bits per heavy atom. The van der Waals surface area contributed by atoms with Crippen molar-refractivity contribution < 1.29 is 0 Å². The van der Waals surface area contributed by atoms with E-state index in [0.717, 1.165) is 27.9 Å². The van der Waals surface area contributed by atoms with Crippen LogP contribution in [0.1, 0.15) is 11.0 Å². The zero-order chi connectivity index (χ0) is 13.5. The number of hydrazine groups is 1. The molecule has 4 heterocycles. The fraction of sp³-hybridized carbons (Fsp3) is 0.273. The molecule has 2 atom stereocenters. The summed E-state index contributed by atoms with van der Waals surface area (Å²) in [5.74, 6) is 0.738. The van der Waals surface area contributed by atoms with Gasteiger partial charge in [0, 0.05) is 24.5 Å². The molecule has 0 amide bonds. The van der Waals surface area contributed by atoms with E-state index in [9.17, 15) is 0 Å². The van der Waals surface area contributed by atoms with Crippen molar-refractivity contribution in [3.63, 3.8) is 0 Å². The van der Waals surface area contributed by atoms with Crippen molar-refractivity contribution in [2.75, 3.05) is 6.54 Å². The molecule has 3 aromatic rings. The van der Waals surface area contributed by atoms with Crippen molar-refractivity contribution in [2.24, 2.45) is 0 Å². The van der Waals surface area contributed by atoms with Crippen LogP contribution in [0.15, 0.2) is 24.5 Å². The number of nitrogens with zero attached hydrogens (tertiary/aromatic N) is 5. The van der Waals surface area contributed by atoms with Crippen LogP contribution in [0.3, 0.4) is 0 Å². The predicted molar refractivity (Wildman–Crippen MR) is 78.5 cm³/mol. The van der Waals surface area contributed by atoms with Crippen molar-refractivity contribution in [2.45, 2.75) is 10.9 Å². The van der Waals surface area contributed by atoms with Crippen molar-refractivity contribution in [1.82, 2.24) is 35.6 Å². The van der Waals surface area contributed by atoms with Gasteiger partial charge < -0.3 is 0 Å². The van der Waals surface area contributed by atoms with Gasteiger partial charge >= 0.3 is 0 Å². The number of nitrogens with one attached hydrogen (secondary N) is 2. The third-order valence-electron chi connectivity index (χ3n) is 3.13. The maximum absolute atomic E-state index is 4.64. The molecule has 0 aliphatic carbocycles. The van der Waals surface area contributed by atoms with Crippen LogP contribution in [0, 0.1) is 0 Å². The lowest BCUT2D eigenvalue weighted by Crippen LogP contribution is -2.25. The molecule has 102 valence electrons. The third-order valence-corrected chi connectivity index (χ3v) is 4.96. The topological polar surface area (TPSA) is 80.0 Å². The van der Waals surface area contributed by atoms with Gasteiger partial charge in [-0.25, -0.2) is 5.43 Å². The summed E-state index contributed by atoms with van der Waals surface area (Å²) in [7, 11) is 0. The maximum atomic E-state index is 4.64. The van der Waals surface area contributed by atoms with Crippen LogP contribution in [-0.4, -0.2) is 36.2 Å². The van der Waals surface area contributed by atoms with E-state index in [4.69, 9.17) is 0 Å². The van der Waals surface area contributed by atoms with Crippen LogP contribution in [0.4, 0.5) is 0 Å². The Morgan fingerprint density at radius 3 is 2.90 bits per heavy atom. The highest BCUT2D eigenvalue weighted by molar-refractivity contribution is 9.09. The molecular weight excluding hydrogens is 342 g/mol. The Labute approximate surface area is 126 Å². The summed E-state index contributed by atoms with van der Waals surface area (Å²) >= 11 is 5.18. The van der Waals surface area contributed by atoms with Crippen molar-refractivity contribution in [3.8, 4) is 11.4 Å². The van der Waals surface area contributed by atoms with Gasteiger partial charge in [0.25, 0.3) is 0 Å². The molecular formula is C11H10BrN7S. The summed E-state index contributed by atoms with van der Waals surface area (Å²) in [6.45, 7) is 0.863. The summed E-state index contributed by atoms with van der Waals surface area (Å²) in [5, 5.41) is 14.0. The third kappa shape index (κ3) is 1.94. The lowest BCUT2D eigenvalue weighted by Gasteiger charge is -2.07. The van der Waals surface area contributed by atoms with Gasteiger partial charge in [0.05, 0.1) is 10.9 Å².